The molecule has 31 heavy (non-hydrogen) atoms. The Balaban J connectivity index is 1.81. The van der Waals surface area contributed by atoms with E-state index in [1.807, 2.05) is 36.5 Å². The van der Waals surface area contributed by atoms with Gasteiger partial charge < -0.3 is 4.74 Å². The second-order valence-electron chi connectivity index (χ2n) is 6.94. The van der Waals surface area contributed by atoms with Gasteiger partial charge in [0, 0.05) is 11.5 Å². The fraction of sp³-hybridized carbons (Fsp3) is 0.0357. The summed E-state index contributed by atoms with van der Waals surface area (Å²) in [5.41, 5.74) is 2.06. The highest BCUT2D eigenvalue weighted by Crippen LogP contribution is 2.43. The van der Waals surface area contributed by atoms with Crippen molar-refractivity contribution in [3.05, 3.63) is 126 Å². The molecule has 4 aromatic rings. The standard InChI is InChI=1S/C28H24NOP/c1-30-25-19-17-24(18-20-25)29-22-28(21-23-11-5-2-6-12-23)31(26-13-7-3-8-14-26)27-15-9-4-10-16-27/h2-22H,1H3/b28-21+,29-22?. The quantitative estimate of drug-likeness (QED) is 0.244. The first-order valence-electron chi connectivity index (χ1n) is 10.2. The predicted molar refractivity (Wildman–Crippen MR) is 135 cm³/mol. The molecule has 0 N–H and O–H groups in total. The van der Waals surface area contributed by atoms with E-state index >= 15 is 0 Å². The van der Waals surface area contributed by atoms with Crippen molar-refractivity contribution < 1.29 is 4.74 Å². The first-order chi connectivity index (χ1) is 15.3. The van der Waals surface area contributed by atoms with E-state index in [1.54, 1.807) is 7.11 Å². The van der Waals surface area contributed by atoms with Crippen LogP contribution < -0.4 is 15.3 Å². The molecular formula is C28H24NOP. The first-order valence-corrected chi connectivity index (χ1v) is 11.5. The second-order valence-corrected chi connectivity index (χ2v) is 9.16. The Hall–Kier alpha value is -3.48. The van der Waals surface area contributed by atoms with Gasteiger partial charge in [-0.15, -0.1) is 0 Å². The summed E-state index contributed by atoms with van der Waals surface area (Å²) in [5.74, 6) is 0.829. The fourth-order valence-corrected chi connectivity index (χ4v) is 5.58. The van der Waals surface area contributed by atoms with Crippen molar-refractivity contribution in [2.75, 3.05) is 7.11 Å². The maximum atomic E-state index is 5.27. The van der Waals surface area contributed by atoms with E-state index in [2.05, 4.69) is 91.0 Å². The summed E-state index contributed by atoms with van der Waals surface area (Å²) in [6, 6.07) is 39.6. The number of methoxy groups -OCH3 is 1. The normalized spacial score (nSPS) is 11.7. The number of aliphatic imine (C=N–C) groups is 1. The molecule has 0 atom stereocenters. The molecule has 152 valence electrons. The molecule has 0 unspecified atom stereocenters. The summed E-state index contributed by atoms with van der Waals surface area (Å²) in [4.78, 5) is 4.82. The molecule has 0 heterocycles. The molecule has 0 aliphatic rings. The predicted octanol–water partition coefficient (Wildman–Crippen LogP) is 6.57. The van der Waals surface area contributed by atoms with Crippen molar-refractivity contribution in [1.82, 2.24) is 0 Å². The van der Waals surface area contributed by atoms with Crippen LogP contribution in [0.3, 0.4) is 0 Å². The Kier molecular flexibility index (Phi) is 7.05. The first kappa shape index (κ1) is 20.8. The lowest BCUT2D eigenvalue weighted by Crippen LogP contribution is -2.13. The maximum absolute atomic E-state index is 5.27. The highest BCUT2D eigenvalue weighted by atomic mass is 31.1. The molecule has 4 aromatic carbocycles. The Bertz CT molecular complexity index is 1100. The average molecular weight is 421 g/mol. The smallest absolute Gasteiger partial charge is 0.119 e. The number of hydrogen-bond donors (Lipinski definition) is 0. The van der Waals surface area contributed by atoms with E-state index in [-0.39, 0.29) is 0 Å². The molecular weight excluding hydrogens is 397 g/mol. The van der Waals surface area contributed by atoms with Crippen molar-refractivity contribution >= 4 is 36.5 Å². The van der Waals surface area contributed by atoms with E-state index < -0.39 is 7.92 Å². The van der Waals surface area contributed by atoms with Crippen LogP contribution in [0.4, 0.5) is 5.69 Å². The third-order valence-corrected chi connectivity index (χ3v) is 7.21. The Morgan fingerprint density at radius 3 is 1.71 bits per heavy atom. The molecule has 0 fully saturated rings. The number of rotatable bonds is 7. The lowest BCUT2D eigenvalue weighted by atomic mass is 10.2. The topological polar surface area (TPSA) is 21.6 Å². The lowest BCUT2D eigenvalue weighted by Gasteiger charge is -2.20. The zero-order valence-corrected chi connectivity index (χ0v) is 18.3. The van der Waals surface area contributed by atoms with Gasteiger partial charge in [0.25, 0.3) is 0 Å². The van der Waals surface area contributed by atoms with Gasteiger partial charge in [0.2, 0.25) is 0 Å². The Morgan fingerprint density at radius 1 is 0.677 bits per heavy atom. The lowest BCUT2D eigenvalue weighted by molar-refractivity contribution is 0.415. The second kappa shape index (κ2) is 10.5. The fourth-order valence-electron chi connectivity index (χ4n) is 3.29. The molecule has 0 aliphatic carbocycles. The van der Waals surface area contributed by atoms with Crippen LogP contribution in [0.5, 0.6) is 5.75 Å². The van der Waals surface area contributed by atoms with Gasteiger partial charge in [-0.25, -0.2) is 0 Å². The average Bonchev–Trinajstić information content (AvgIpc) is 2.85. The molecule has 0 aliphatic heterocycles. The summed E-state index contributed by atoms with van der Waals surface area (Å²) in [6.07, 6.45) is 4.26. The Morgan fingerprint density at radius 2 is 1.19 bits per heavy atom. The summed E-state index contributed by atoms with van der Waals surface area (Å²) in [6.45, 7) is 0. The van der Waals surface area contributed by atoms with Crippen molar-refractivity contribution in [2.24, 2.45) is 4.99 Å². The monoisotopic (exact) mass is 421 g/mol. The number of allylic oxidation sites excluding steroid dienone is 1. The number of nitrogens with zero attached hydrogens (tertiary/aromatic N) is 1. The molecule has 0 spiro atoms. The minimum atomic E-state index is -0.756. The highest BCUT2D eigenvalue weighted by molar-refractivity contribution is 7.77. The minimum Gasteiger partial charge on any atom is -0.497 e. The SMILES string of the molecule is COc1ccc(N=C/C(=C\c2ccccc2)P(c2ccccc2)c2ccccc2)cc1. The zero-order valence-electron chi connectivity index (χ0n) is 17.4. The van der Waals surface area contributed by atoms with Crippen molar-refractivity contribution in [2.45, 2.75) is 0 Å². The van der Waals surface area contributed by atoms with Crippen LogP contribution in [0.2, 0.25) is 0 Å². The van der Waals surface area contributed by atoms with Gasteiger partial charge in [-0.05, 0) is 54.4 Å². The van der Waals surface area contributed by atoms with Crippen LogP contribution in [0.25, 0.3) is 6.08 Å². The van der Waals surface area contributed by atoms with Crippen LogP contribution in [-0.2, 0) is 0 Å². The maximum Gasteiger partial charge on any atom is 0.119 e. The largest absolute Gasteiger partial charge is 0.497 e. The van der Waals surface area contributed by atoms with Gasteiger partial charge in [0.05, 0.1) is 12.8 Å². The molecule has 0 radical (unpaired) electrons. The van der Waals surface area contributed by atoms with Crippen LogP contribution in [0, 0.1) is 0 Å². The Labute approximate surface area is 185 Å². The highest BCUT2D eigenvalue weighted by Gasteiger charge is 2.17. The van der Waals surface area contributed by atoms with Crippen LogP contribution in [0.1, 0.15) is 5.56 Å². The molecule has 3 heteroatoms. The molecule has 0 saturated carbocycles. The summed E-state index contributed by atoms with van der Waals surface area (Å²) >= 11 is 0. The van der Waals surface area contributed by atoms with Gasteiger partial charge >= 0.3 is 0 Å². The zero-order chi connectivity index (χ0) is 21.3. The number of hydrogen-bond acceptors (Lipinski definition) is 2. The van der Waals surface area contributed by atoms with E-state index in [4.69, 9.17) is 9.73 Å². The summed E-state index contributed by atoms with van der Waals surface area (Å²) < 4.78 is 5.27. The molecule has 0 saturated heterocycles. The third kappa shape index (κ3) is 5.57. The number of ether oxygens (including phenoxy) is 1. The van der Waals surface area contributed by atoms with Crippen LogP contribution >= 0.6 is 7.92 Å². The molecule has 2 nitrogen and oxygen atoms in total. The van der Waals surface area contributed by atoms with Gasteiger partial charge in [0.15, 0.2) is 0 Å². The number of benzene rings is 4. The van der Waals surface area contributed by atoms with E-state index in [9.17, 15) is 0 Å². The van der Waals surface area contributed by atoms with Crippen molar-refractivity contribution in [1.29, 1.82) is 0 Å². The van der Waals surface area contributed by atoms with Crippen LogP contribution in [-0.4, -0.2) is 13.3 Å². The third-order valence-electron chi connectivity index (χ3n) is 4.82. The van der Waals surface area contributed by atoms with Gasteiger partial charge in [-0.3, -0.25) is 4.99 Å². The summed E-state index contributed by atoms with van der Waals surface area (Å²) in [7, 11) is 0.916. The van der Waals surface area contributed by atoms with Crippen molar-refractivity contribution in [3.8, 4) is 5.75 Å². The molecule has 0 amide bonds. The van der Waals surface area contributed by atoms with Crippen LogP contribution in [0.15, 0.2) is 126 Å². The van der Waals surface area contributed by atoms with E-state index in [0.717, 1.165) is 17.0 Å². The summed E-state index contributed by atoms with van der Waals surface area (Å²) in [5, 5.41) is 3.79. The van der Waals surface area contributed by atoms with Crippen molar-refractivity contribution in [3.63, 3.8) is 0 Å². The minimum absolute atomic E-state index is 0.756. The molecule has 0 aromatic heterocycles. The molecule has 0 bridgehead atoms. The van der Waals surface area contributed by atoms with Gasteiger partial charge in [0.1, 0.15) is 5.75 Å². The van der Waals surface area contributed by atoms with Gasteiger partial charge in [-0.1, -0.05) is 91.0 Å². The van der Waals surface area contributed by atoms with E-state index in [1.165, 1.54) is 15.9 Å². The molecule has 4 rings (SSSR count). The van der Waals surface area contributed by atoms with Gasteiger partial charge in [-0.2, -0.15) is 0 Å². The van der Waals surface area contributed by atoms with E-state index in [0.29, 0.717) is 0 Å².